The number of hydrogen-bond acceptors (Lipinski definition) is 3. The molecular weight excluding hydrogens is 399 g/mol. The number of sulfonamides is 1. The summed E-state index contributed by atoms with van der Waals surface area (Å²) >= 11 is 0. The lowest BCUT2D eigenvalue weighted by Gasteiger charge is -2.34. The summed E-state index contributed by atoms with van der Waals surface area (Å²) < 4.78 is 40.9. The molecule has 4 rings (SSSR count). The van der Waals surface area contributed by atoms with Gasteiger partial charge in [0.1, 0.15) is 5.82 Å². The van der Waals surface area contributed by atoms with E-state index in [1.54, 1.807) is 19.2 Å². The Bertz CT molecular complexity index is 1120. The minimum atomic E-state index is -3.54. The molecule has 6 heteroatoms. The van der Waals surface area contributed by atoms with Crippen molar-refractivity contribution in [2.45, 2.75) is 24.3 Å². The van der Waals surface area contributed by atoms with Crippen molar-refractivity contribution in [3.63, 3.8) is 0 Å². The van der Waals surface area contributed by atoms with Crippen LogP contribution in [0, 0.1) is 11.7 Å². The van der Waals surface area contributed by atoms with Crippen LogP contribution in [-0.4, -0.2) is 44.3 Å². The van der Waals surface area contributed by atoms with Crippen LogP contribution in [0.1, 0.15) is 18.4 Å². The molecule has 1 aliphatic heterocycles. The molecule has 1 atom stereocenters. The monoisotopic (exact) mass is 426 g/mol. The van der Waals surface area contributed by atoms with Crippen LogP contribution >= 0.6 is 0 Å². The Morgan fingerprint density at radius 2 is 1.77 bits per heavy atom. The highest BCUT2D eigenvalue weighted by Gasteiger charge is 2.27. The first-order chi connectivity index (χ1) is 14.4. The van der Waals surface area contributed by atoms with Crippen molar-refractivity contribution >= 4 is 20.8 Å². The Morgan fingerprint density at radius 1 is 1.03 bits per heavy atom. The van der Waals surface area contributed by atoms with E-state index in [9.17, 15) is 12.8 Å². The Labute approximate surface area is 178 Å². The molecule has 1 fully saturated rings. The Balaban J connectivity index is 1.42. The summed E-state index contributed by atoms with van der Waals surface area (Å²) in [7, 11) is -1.87. The number of rotatable bonds is 6. The van der Waals surface area contributed by atoms with Crippen molar-refractivity contribution in [2.24, 2.45) is 5.92 Å². The molecule has 0 spiro atoms. The molecule has 0 saturated carbocycles. The number of likely N-dealkylation sites (tertiary alicyclic amines) is 1. The van der Waals surface area contributed by atoms with Crippen molar-refractivity contribution in [1.29, 1.82) is 0 Å². The summed E-state index contributed by atoms with van der Waals surface area (Å²) in [5.41, 5.74) is 1.08. The maximum absolute atomic E-state index is 13.1. The van der Waals surface area contributed by atoms with E-state index in [0.717, 1.165) is 48.8 Å². The fourth-order valence-electron chi connectivity index (χ4n) is 4.26. The Morgan fingerprint density at radius 3 is 2.53 bits per heavy atom. The average Bonchev–Trinajstić information content (AvgIpc) is 2.75. The first-order valence-electron chi connectivity index (χ1n) is 10.3. The highest BCUT2D eigenvalue weighted by Crippen LogP contribution is 2.24. The molecular formula is C24H27FN2O2S. The van der Waals surface area contributed by atoms with Gasteiger partial charge in [0.2, 0.25) is 10.0 Å². The van der Waals surface area contributed by atoms with Crippen molar-refractivity contribution in [1.82, 2.24) is 9.21 Å². The Kier molecular flexibility index (Phi) is 6.18. The van der Waals surface area contributed by atoms with Gasteiger partial charge in [-0.2, -0.15) is 0 Å². The number of fused-ring (bicyclic) bond motifs is 1. The van der Waals surface area contributed by atoms with E-state index < -0.39 is 10.0 Å². The average molecular weight is 427 g/mol. The van der Waals surface area contributed by atoms with Crippen LogP contribution < -0.4 is 0 Å². The molecule has 158 valence electrons. The van der Waals surface area contributed by atoms with Crippen LogP contribution in [0.3, 0.4) is 0 Å². The zero-order valence-corrected chi connectivity index (χ0v) is 18.0. The zero-order chi connectivity index (χ0) is 21.1. The molecule has 30 heavy (non-hydrogen) atoms. The standard InChI is InChI=1S/C24H27FN2O2S/c1-26(30(28,29)24-13-10-21-6-2-3-7-22(21)15-24)16-20-5-4-14-27(18-20)17-19-8-11-23(25)12-9-19/h2-3,6-13,15,20H,4-5,14,16-18H2,1H3. The third-order valence-corrected chi connectivity index (χ3v) is 7.69. The minimum absolute atomic E-state index is 0.226. The first kappa shape index (κ1) is 21.0. The molecule has 3 aromatic rings. The summed E-state index contributed by atoms with van der Waals surface area (Å²) in [6.07, 6.45) is 2.05. The van der Waals surface area contributed by atoms with E-state index in [0.29, 0.717) is 11.4 Å². The molecule has 0 bridgehead atoms. The van der Waals surface area contributed by atoms with Gasteiger partial charge in [0.25, 0.3) is 0 Å². The van der Waals surface area contributed by atoms with Gasteiger partial charge < -0.3 is 0 Å². The van der Waals surface area contributed by atoms with Gasteiger partial charge in [-0.1, -0.05) is 42.5 Å². The maximum Gasteiger partial charge on any atom is 0.242 e. The molecule has 1 aliphatic rings. The second kappa shape index (κ2) is 8.84. The molecule has 0 amide bonds. The van der Waals surface area contributed by atoms with E-state index in [2.05, 4.69) is 4.90 Å². The van der Waals surface area contributed by atoms with Crippen LogP contribution in [0.2, 0.25) is 0 Å². The molecule has 1 heterocycles. The van der Waals surface area contributed by atoms with Crippen LogP contribution in [0.15, 0.2) is 71.6 Å². The molecule has 0 radical (unpaired) electrons. The molecule has 3 aromatic carbocycles. The Hall–Kier alpha value is -2.28. The lowest BCUT2D eigenvalue weighted by molar-refractivity contribution is 0.155. The van der Waals surface area contributed by atoms with Crippen molar-refractivity contribution in [3.05, 3.63) is 78.1 Å². The van der Waals surface area contributed by atoms with Gasteiger partial charge >= 0.3 is 0 Å². The number of nitrogens with zero attached hydrogens (tertiary/aromatic N) is 2. The van der Waals surface area contributed by atoms with Crippen LogP contribution in [-0.2, 0) is 16.6 Å². The molecule has 4 nitrogen and oxygen atoms in total. The van der Waals surface area contributed by atoms with Crippen molar-refractivity contribution in [2.75, 3.05) is 26.7 Å². The smallest absolute Gasteiger partial charge is 0.242 e. The summed E-state index contributed by atoms with van der Waals surface area (Å²) in [5, 5.41) is 1.96. The summed E-state index contributed by atoms with van der Waals surface area (Å²) in [6, 6.07) is 19.7. The van der Waals surface area contributed by atoms with Gasteiger partial charge in [-0.15, -0.1) is 0 Å². The van der Waals surface area contributed by atoms with Crippen molar-refractivity contribution < 1.29 is 12.8 Å². The van der Waals surface area contributed by atoms with Crippen LogP contribution in [0.5, 0.6) is 0 Å². The predicted molar refractivity (Wildman–Crippen MR) is 118 cm³/mol. The van der Waals surface area contributed by atoms with E-state index in [-0.39, 0.29) is 11.7 Å². The summed E-state index contributed by atoms with van der Waals surface area (Å²) in [4.78, 5) is 2.67. The fourth-order valence-corrected chi connectivity index (χ4v) is 5.54. The zero-order valence-electron chi connectivity index (χ0n) is 17.2. The molecule has 0 aromatic heterocycles. The van der Waals surface area contributed by atoms with E-state index in [4.69, 9.17) is 0 Å². The lowest BCUT2D eigenvalue weighted by Crippen LogP contribution is -2.41. The molecule has 1 unspecified atom stereocenters. The molecule has 0 N–H and O–H groups in total. The first-order valence-corrected chi connectivity index (χ1v) is 11.8. The lowest BCUT2D eigenvalue weighted by atomic mass is 9.97. The quantitative estimate of drug-likeness (QED) is 0.582. The van der Waals surface area contributed by atoms with Crippen LogP contribution in [0.4, 0.5) is 4.39 Å². The van der Waals surface area contributed by atoms with Gasteiger partial charge in [-0.3, -0.25) is 4.90 Å². The third-order valence-electron chi connectivity index (χ3n) is 5.87. The van der Waals surface area contributed by atoms with E-state index in [1.807, 2.05) is 42.5 Å². The van der Waals surface area contributed by atoms with Gasteiger partial charge in [0.05, 0.1) is 4.90 Å². The number of halogens is 1. The summed E-state index contributed by atoms with van der Waals surface area (Å²) in [6.45, 7) is 3.08. The maximum atomic E-state index is 13.1. The van der Waals surface area contributed by atoms with Gasteiger partial charge in [-0.05, 0) is 65.9 Å². The van der Waals surface area contributed by atoms with Crippen molar-refractivity contribution in [3.8, 4) is 0 Å². The molecule has 0 aliphatic carbocycles. The highest BCUT2D eigenvalue weighted by molar-refractivity contribution is 7.89. The molecule has 1 saturated heterocycles. The second-order valence-electron chi connectivity index (χ2n) is 8.16. The SMILES string of the molecule is CN(CC1CCCN(Cc2ccc(F)cc2)C1)S(=O)(=O)c1ccc2ccccc2c1. The van der Waals surface area contributed by atoms with Gasteiger partial charge in [0, 0.05) is 26.7 Å². The van der Waals surface area contributed by atoms with Gasteiger partial charge in [-0.25, -0.2) is 17.1 Å². The number of hydrogen-bond donors (Lipinski definition) is 0. The normalized spacial score (nSPS) is 18.2. The largest absolute Gasteiger partial charge is 0.299 e. The van der Waals surface area contributed by atoms with E-state index >= 15 is 0 Å². The third kappa shape index (κ3) is 4.72. The van der Waals surface area contributed by atoms with Crippen LogP contribution in [0.25, 0.3) is 10.8 Å². The minimum Gasteiger partial charge on any atom is -0.299 e. The number of piperidine rings is 1. The highest BCUT2D eigenvalue weighted by atomic mass is 32.2. The van der Waals surface area contributed by atoms with E-state index in [1.165, 1.54) is 16.4 Å². The fraction of sp³-hybridized carbons (Fsp3) is 0.333. The second-order valence-corrected chi connectivity index (χ2v) is 10.2. The topological polar surface area (TPSA) is 40.6 Å². The van der Waals surface area contributed by atoms with Gasteiger partial charge in [0.15, 0.2) is 0 Å². The predicted octanol–water partition coefficient (Wildman–Crippen LogP) is 4.51. The number of benzene rings is 3. The summed E-state index contributed by atoms with van der Waals surface area (Å²) in [5.74, 6) is 0.0511.